The molecule has 92 valence electrons. The average molecular weight is 231 g/mol. The highest BCUT2D eigenvalue weighted by molar-refractivity contribution is 5.76. The number of rotatable bonds is 4. The molecule has 0 bridgehead atoms. The number of benzene rings is 1. The zero-order valence-corrected chi connectivity index (χ0v) is 10.5. The van der Waals surface area contributed by atoms with Gasteiger partial charge in [-0.2, -0.15) is 0 Å². The number of carbonyl (C=O) groups excluding carboxylic acids is 1. The molecule has 1 N–H and O–H groups in total. The van der Waals surface area contributed by atoms with Crippen LogP contribution >= 0.6 is 0 Å². The lowest BCUT2D eigenvalue weighted by Gasteiger charge is -2.16. The molecular formula is C15H21NO. The number of hydrogen-bond donors (Lipinski definition) is 1. The molecule has 2 rings (SSSR count). The van der Waals surface area contributed by atoms with Crippen molar-refractivity contribution in [2.24, 2.45) is 5.92 Å². The normalized spacial score (nSPS) is 17.9. The highest BCUT2D eigenvalue weighted by atomic mass is 16.1. The van der Waals surface area contributed by atoms with E-state index in [2.05, 4.69) is 17.4 Å². The molecule has 0 unspecified atom stereocenters. The van der Waals surface area contributed by atoms with Crippen LogP contribution in [0.3, 0.4) is 0 Å². The zero-order chi connectivity index (χ0) is 12.1. The fourth-order valence-electron chi connectivity index (χ4n) is 2.60. The van der Waals surface area contributed by atoms with Crippen molar-refractivity contribution in [1.29, 1.82) is 0 Å². The van der Waals surface area contributed by atoms with E-state index in [9.17, 15) is 4.79 Å². The van der Waals surface area contributed by atoms with Gasteiger partial charge in [-0.1, -0.05) is 43.2 Å². The first-order chi connectivity index (χ1) is 8.25. The molecule has 17 heavy (non-hydrogen) atoms. The molecule has 1 aliphatic carbocycles. The molecule has 1 aromatic rings. The summed E-state index contributed by atoms with van der Waals surface area (Å²) in [6, 6.07) is 10.2. The molecule has 0 spiro atoms. The predicted octanol–water partition coefficient (Wildman–Crippen LogP) is 3.44. The van der Waals surface area contributed by atoms with Crippen LogP contribution in [0, 0.1) is 5.92 Å². The Morgan fingerprint density at radius 3 is 2.59 bits per heavy atom. The number of amides is 1. The molecule has 0 heterocycles. The standard InChI is InChI=1S/C15H21NO/c1-12(14-9-3-2-4-10-14)16-15(17)11-13-7-5-6-8-13/h2-4,9-10,12-13H,5-8,11H2,1H3,(H,16,17)/t12-/m0/s1. The van der Waals surface area contributed by atoms with Gasteiger partial charge in [0.25, 0.3) is 0 Å². The topological polar surface area (TPSA) is 29.1 Å². The molecule has 1 fully saturated rings. The van der Waals surface area contributed by atoms with E-state index in [0.29, 0.717) is 12.3 Å². The maximum atomic E-state index is 11.9. The summed E-state index contributed by atoms with van der Waals surface area (Å²) < 4.78 is 0. The Bertz CT molecular complexity index is 354. The van der Waals surface area contributed by atoms with Gasteiger partial charge in [-0.05, 0) is 31.2 Å². The summed E-state index contributed by atoms with van der Waals surface area (Å²) in [5.74, 6) is 0.825. The van der Waals surface area contributed by atoms with E-state index in [0.717, 1.165) is 0 Å². The number of hydrogen-bond acceptors (Lipinski definition) is 1. The Morgan fingerprint density at radius 1 is 1.29 bits per heavy atom. The number of nitrogens with one attached hydrogen (secondary N) is 1. The molecule has 1 amide bonds. The van der Waals surface area contributed by atoms with Crippen molar-refractivity contribution >= 4 is 5.91 Å². The lowest BCUT2D eigenvalue weighted by molar-refractivity contribution is -0.122. The first kappa shape index (κ1) is 12.2. The first-order valence-electron chi connectivity index (χ1n) is 6.60. The van der Waals surface area contributed by atoms with Crippen LogP contribution in [-0.4, -0.2) is 5.91 Å². The van der Waals surface area contributed by atoms with E-state index in [-0.39, 0.29) is 11.9 Å². The highest BCUT2D eigenvalue weighted by Crippen LogP contribution is 2.27. The zero-order valence-electron chi connectivity index (χ0n) is 10.5. The van der Waals surface area contributed by atoms with Crippen LogP contribution in [0.25, 0.3) is 0 Å². The van der Waals surface area contributed by atoms with Crippen LogP contribution in [0.2, 0.25) is 0 Å². The van der Waals surface area contributed by atoms with E-state index in [1.165, 1.54) is 31.2 Å². The van der Waals surface area contributed by atoms with Gasteiger partial charge in [-0.25, -0.2) is 0 Å². The summed E-state index contributed by atoms with van der Waals surface area (Å²) in [5.41, 5.74) is 1.17. The van der Waals surface area contributed by atoms with Crippen molar-refractivity contribution in [3.8, 4) is 0 Å². The van der Waals surface area contributed by atoms with Crippen LogP contribution in [0.4, 0.5) is 0 Å². The van der Waals surface area contributed by atoms with Gasteiger partial charge in [0.15, 0.2) is 0 Å². The van der Waals surface area contributed by atoms with Crippen molar-refractivity contribution in [2.75, 3.05) is 0 Å². The summed E-state index contributed by atoms with van der Waals surface area (Å²) in [6.07, 6.45) is 5.76. The Balaban J connectivity index is 1.81. The van der Waals surface area contributed by atoms with Crippen LogP contribution in [0.1, 0.15) is 50.6 Å². The van der Waals surface area contributed by atoms with Crippen LogP contribution < -0.4 is 5.32 Å². The molecule has 0 radical (unpaired) electrons. The second-order valence-electron chi connectivity index (χ2n) is 5.05. The molecular weight excluding hydrogens is 210 g/mol. The van der Waals surface area contributed by atoms with Gasteiger partial charge in [0, 0.05) is 6.42 Å². The second-order valence-corrected chi connectivity index (χ2v) is 5.05. The molecule has 1 aromatic carbocycles. The van der Waals surface area contributed by atoms with Crippen molar-refractivity contribution in [3.63, 3.8) is 0 Å². The van der Waals surface area contributed by atoms with Gasteiger partial charge >= 0.3 is 0 Å². The smallest absolute Gasteiger partial charge is 0.220 e. The fraction of sp³-hybridized carbons (Fsp3) is 0.533. The summed E-state index contributed by atoms with van der Waals surface area (Å²) in [6.45, 7) is 2.04. The Labute approximate surface area is 103 Å². The van der Waals surface area contributed by atoms with Gasteiger partial charge in [0.05, 0.1) is 6.04 Å². The van der Waals surface area contributed by atoms with Crippen molar-refractivity contribution in [1.82, 2.24) is 5.32 Å². The van der Waals surface area contributed by atoms with Crippen molar-refractivity contribution in [3.05, 3.63) is 35.9 Å². The van der Waals surface area contributed by atoms with E-state index >= 15 is 0 Å². The molecule has 1 saturated carbocycles. The Morgan fingerprint density at radius 2 is 1.94 bits per heavy atom. The minimum atomic E-state index is 0.116. The summed E-state index contributed by atoms with van der Waals surface area (Å²) in [5, 5.41) is 3.08. The SMILES string of the molecule is C[C@H](NC(=O)CC1CCCC1)c1ccccc1. The molecule has 1 aliphatic rings. The quantitative estimate of drug-likeness (QED) is 0.845. The maximum absolute atomic E-state index is 11.9. The molecule has 0 aliphatic heterocycles. The van der Waals surface area contributed by atoms with E-state index < -0.39 is 0 Å². The van der Waals surface area contributed by atoms with Gasteiger partial charge < -0.3 is 5.32 Å². The molecule has 0 saturated heterocycles. The third-order valence-corrected chi connectivity index (χ3v) is 3.63. The molecule has 1 atom stereocenters. The largest absolute Gasteiger partial charge is 0.350 e. The van der Waals surface area contributed by atoms with E-state index in [1.54, 1.807) is 0 Å². The summed E-state index contributed by atoms with van der Waals surface area (Å²) in [4.78, 5) is 11.9. The maximum Gasteiger partial charge on any atom is 0.220 e. The van der Waals surface area contributed by atoms with Gasteiger partial charge in [0.2, 0.25) is 5.91 Å². The predicted molar refractivity (Wildman–Crippen MR) is 69.6 cm³/mol. The van der Waals surface area contributed by atoms with E-state index in [1.807, 2.05) is 25.1 Å². The third-order valence-electron chi connectivity index (χ3n) is 3.63. The first-order valence-corrected chi connectivity index (χ1v) is 6.60. The Kier molecular flexibility index (Phi) is 4.18. The summed E-state index contributed by atoms with van der Waals surface area (Å²) >= 11 is 0. The second kappa shape index (κ2) is 5.85. The molecule has 2 nitrogen and oxygen atoms in total. The fourth-order valence-corrected chi connectivity index (χ4v) is 2.60. The summed E-state index contributed by atoms with van der Waals surface area (Å²) in [7, 11) is 0. The van der Waals surface area contributed by atoms with Crippen molar-refractivity contribution in [2.45, 2.75) is 45.1 Å². The van der Waals surface area contributed by atoms with Crippen LogP contribution in [0.15, 0.2) is 30.3 Å². The van der Waals surface area contributed by atoms with Crippen LogP contribution in [0.5, 0.6) is 0 Å². The van der Waals surface area contributed by atoms with Crippen LogP contribution in [-0.2, 0) is 4.79 Å². The lowest BCUT2D eigenvalue weighted by Crippen LogP contribution is -2.27. The monoisotopic (exact) mass is 231 g/mol. The minimum Gasteiger partial charge on any atom is -0.350 e. The highest BCUT2D eigenvalue weighted by Gasteiger charge is 2.19. The molecule has 0 aromatic heterocycles. The van der Waals surface area contributed by atoms with Gasteiger partial charge in [-0.15, -0.1) is 0 Å². The average Bonchev–Trinajstić information content (AvgIpc) is 2.82. The minimum absolute atomic E-state index is 0.116. The number of carbonyl (C=O) groups is 1. The van der Waals surface area contributed by atoms with E-state index in [4.69, 9.17) is 0 Å². The van der Waals surface area contributed by atoms with Crippen molar-refractivity contribution < 1.29 is 4.79 Å². The van der Waals surface area contributed by atoms with Gasteiger partial charge in [-0.3, -0.25) is 4.79 Å². The van der Waals surface area contributed by atoms with Gasteiger partial charge in [0.1, 0.15) is 0 Å². The lowest BCUT2D eigenvalue weighted by atomic mass is 10.0. The third kappa shape index (κ3) is 3.58. The Hall–Kier alpha value is -1.31. The molecule has 2 heteroatoms.